The van der Waals surface area contributed by atoms with Gasteiger partial charge in [-0.3, -0.25) is 4.79 Å². The number of H-pyrrole nitrogens is 2. The van der Waals surface area contributed by atoms with Gasteiger partial charge in [0.05, 0.1) is 23.9 Å². The molecule has 2 fully saturated rings. The first-order valence-electron chi connectivity index (χ1n) is 10.1. The lowest BCUT2D eigenvalue weighted by atomic mass is 9.73. The van der Waals surface area contributed by atoms with Crippen LogP contribution in [0.5, 0.6) is 0 Å². The number of anilines is 1. The molecule has 0 bridgehead atoms. The van der Waals surface area contributed by atoms with Crippen LogP contribution in [0.4, 0.5) is 10.2 Å². The molecule has 30 heavy (non-hydrogen) atoms. The van der Waals surface area contributed by atoms with Crippen molar-refractivity contribution in [2.45, 2.75) is 41.8 Å². The van der Waals surface area contributed by atoms with Gasteiger partial charge in [-0.15, -0.1) is 0 Å². The summed E-state index contributed by atoms with van der Waals surface area (Å²) in [5, 5.41) is 1.09. The van der Waals surface area contributed by atoms with E-state index in [2.05, 4.69) is 15.0 Å². The van der Waals surface area contributed by atoms with E-state index in [1.807, 2.05) is 30.0 Å². The molecule has 158 valence electrons. The normalized spacial score (nSPS) is 23.5. The van der Waals surface area contributed by atoms with Crippen molar-refractivity contribution in [2.24, 2.45) is 11.1 Å². The van der Waals surface area contributed by atoms with Gasteiger partial charge in [0.2, 0.25) is 0 Å². The Kier molecular flexibility index (Phi) is 4.83. The van der Waals surface area contributed by atoms with Gasteiger partial charge in [0, 0.05) is 46.5 Å². The van der Waals surface area contributed by atoms with Crippen molar-refractivity contribution in [3.8, 4) is 0 Å². The molecular formula is C21H24FN5O2S. The second-order valence-corrected chi connectivity index (χ2v) is 9.29. The summed E-state index contributed by atoms with van der Waals surface area (Å²) in [6.07, 6.45) is 4.81. The Hall–Kier alpha value is -2.36. The molecule has 2 aliphatic rings. The molecule has 2 saturated heterocycles. The summed E-state index contributed by atoms with van der Waals surface area (Å²) in [5.41, 5.74) is 6.86. The summed E-state index contributed by atoms with van der Waals surface area (Å²) in [4.78, 5) is 25.7. The zero-order valence-electron chi connectivity index (χ0n) is 16.7. The number of hydrogen-bond acceptors (Lipinski definition) is 6. The van der Waals surface area contributed by atoms with E-state index in [1.165, 1.54) is 18.0 Å². The lowest BCUT2D eigenvalue weighted by Gasteiger charge is -2.41. The Balaban J connectivity index is 1.33. The highest BCUT2D eigenvalue weighted by molar-refractivity contribution is 7.99. The molecule has 1 spiro atoms. The van der Waals surface area contributed by atoms with Crippen LogP contribution in [0.15, 0.2) is 45.3 Å². The fraction of sp³-hybridized carbons (Fsp3) is 0.429. The number of aromatic nitrogens is 3. The zero-order valence-corrected chi connectivity index (χ0v) is 17.5. The summed E-state index contributed by atoms with van der Waals surface area (Å²) in [6.45, 7) is 4.15. The first kappa shape index (κ1) is 19.6. The summed E-state index contributed by atoms with van der Waals surface area (Å²) >= 11 is 1.29. The minimum atomic E-state index is -0.314. The average molecular weight is 430 g/mol. The summed E-state index contributed by atoms with van der Waals surface area (Å²) in [6, 6.07) is 5.52. The van der Waals surface area contributed by atoms with Gasteiger partial charge in [-0.05, 0) is 31.9 Å². The van der Waals surface area contributed by atoms with E-state index < -0.39 is 0 Å². The van der Waals surface area contributed by atoms with E-state index >= 15 is 0 Å². The summed E-state index contributed by atoms with van der Waals surface area (Å²) in [5.74, 6) is 0.103. The predicted octanol–water partition coefficient (Wildman–Crippen LogP) is 2.87. The van der Waals surface area contributed by atoms with E-state index in [4.69, 9.17) is 10.5 Å². The zero-order chi connectivity index (χ0) is 20.9. The van der Waals surface area contributed by atoms with Crippen molar-refractivity contribution in [1.82, 2.24) is 15.0 Å². The van der Waals surface area contributed by atoms with Gasteiger partial charge in [0.25, 0.3) is 5.56 Å². The molecule has 0 radical (unpaired) electrons. The fourth-order valence-corrected chi connectivity index (χ4v) is 5.55. The molecule has 3 aromatic rings. The molecule has 1 aromatic carbocycles. The maximum Gasteiger partial charge on any atom is 0.291 e. The van der Waals surface area contributed by atoms with Crippen molar-refractivity contribution in [1.29, 1.82) is 0 Å². The Bertz CT molecular complexity index is 1140. The number of nitrogens with two attached hydrogens (primary N) is 1. The molecule has 0 amide bonds. The van der Waals surface area contributed by atoms with E-state index in [1.54, 1.807) is 6.20 Å². The molecule has 0 aliphatic carbocycles. The molecule has 2 atom stereocenters. The first-order valence-corrected chi connectivity index (χ1v) is 10.9. The Labute approximate surface area is 177 Å². The lowest BCUT2D eigenvalue weighted by molar-refractivity contribution is 0.0974. The van der Waals surface area contributed by atoms with Crippen LogP contribution in [0, 0.1) is 11.2 Å². The number of aromatic amines is 2. The Morgan fingerprint density at radius 1 is 1.37 bits per heavy atom. The molecule has 4 N–H and O–H groups in total. The molecule has 7 nitrogen and oxygen atoms in total. The standard InChI is InChI=1S/C21H24FN5O2S/c1-12-18(23)21(11-29-12)5-7-27(8-6-21)19-20(28)26-16(10-25-19)30-15-4-2-3-14-17(15)13(22)9-24-14/h2-4,9-10,12,18,24H,5-8,11,23H2,1H3,(H,26,28)/t12-,18+/m0/s1. The third-order valence-corrected chi connectivity index (χ3v) is 7.48. The number of fused-ring (bicyclic) bond motifs is 1. The largest absolute Gasteiger partial charge is 0.376 e. The molecule has 2 aromatic heterocycles. The lowest BCUT2D eigenvalue weighted by Crippen LogP contribution is -2.51. The van der Waals surface area contributed by atoms with Gasteiger partial charge < -0.3 is 25.3 Å². The summed E-state index contributed by atoms with van der Waals surface area (Å²) in [7, 11) is 0. The van der Waals surface area contributed by atoms with Crippen molar-refractivity contribution in [3.63, 3.8) is 0 Å². The van der Waals surface area contributed by atoms with Crippen LogP contribution in [-0.2, 0) is 4.74 Å². The highest BCUT2D eigenvalue weighted by Gasteiger charge is 2.47. The molecule has 9 heteroatoms. The minimum Gasteiger partial charge on any atom is -0.376 e. The van der Waals surface area contributed by atoms with Crippen molar-refractivity contribution >= 4 is 28.5 Å². The van der Waals surface area contributed by atoms with Gasteiger partial charge in [0.1, 0.15) is 5.82 Å². The smallest absolute Gasteiger partial charge is 0.291 e. The average Bonchev–Trinajstić information content (AvgIpc) is 3.26. The Morgan fingerprint density at radius 3 is 2.87 bits per heavy atom. The number of halogens is 1. The van der Waals surface area contributed by atoms with Gasteiger partial charge in [-0.25, -0.2) is 9.37 Å². The number of nitrogens with one attached hydrogen (secondary N) is 2. The monoisotopic (exact) mass is 429 g/mol. The van der Waals surface area contributed by atoms with Crippen LogP contribution < -0.4 is 16.2 Å². The van der Waals surface area contributed by atoms with Crippen LogP contribution in [0.2, 0.25) is 0 Å². The summed E-state index contributed by atoms with van der Waals surface area (Å²) < 4.78 is 19.9. The maximum absolute atomic E-state index is 14.1. The molecule has 0 saturated carbocycles. The number of benzene rings is 1. The third kappa shape index (κ3) is 3.21. The predicted molar refractivity (Wildman–Crippen MR) is 115 cm³/mol. The molecule has 2 aliphatic heterocycles. The van der Waals surface area contributed by atoms with Crippen LogP contribution in [-0.4, -0.2) is 46.8 Å². The fourth-order valence-electron chi connectivity index (χ4n) is 4.61. The van der Waals surface area contributed by atoms with Crippen molar-refractivity contribution in [2.75, 3.05) is 24.6 Å². The second kappa shape index (κ2) is 7.40. The highest BCUT2D eigenvalue weighted by Crippen LogP contribution is 2.41. The number of piperidine rings is 1. The van der Waals surface area contributed by atoms with Gasteiger partial charge in [-0.2, -0.15) is 0 Å². The van der Waals surface area contributed by atoms with Crippen molar-refractivity contribution in [3.05, 3.63) is 46.8 Å². The van der Waals surface area contributed by atoms with Crippen molar-refractivity contribution < 1.29 is 9.13 Å². The van der Waals surface area contributed by atoms with Gasteiger partial charge >= 0.3 is 0 Å². The number of rotatable bonds is 3. The maximum atomic E-state index is 14.1. The molecule has 0 unspecified atom stereocenters. The molecule has 4 heterocycles. The topological polar surface area (TPSA) is 100 Å². The first-order chi connectivity index (χ1) is 14.5. The number of ether oxygens (including phenoxy) is 1. The second-order valence-electron chi connectivity index (χ2n) is 8.21. The van der Waals surface area contributed by atoms with E-state index in [0.29, 0.717) is 22.8 Å². The minimum absolute atomic E-state index is 0.00220. The Morgan fingerprint density at radius 2 is 2.17 bits per heavy atom. The SMILES string of the molecule is C[C@@H]1OCC2(CCN(c3ncc(Sc4cccc5[nH]cc(F)c45)[nH]c3=O)CC2)[C@@H]1N. The quantitative estimate of drug-likeness (QED) is 0.592. The number of hydrogen-bond donors (Lipinski definition) is 3. The van der Waals surface area contributed by atoms with Crippen LogP contribution >= 0.6 is 11.8 Å². The van der Waals surface area contributed by atoms with Gasteiger partial charge in [-0.1, -0.05) is 17.8 Å². The van der Waals surface area contributed by atoms with Crippen LogP contribution in [0.3, 0.4) is 0 Å². The van der Waals surface area contributed by atoms with Gasteiger partial charge in [0.15, 0.2) is 5.82 Å². The van der Waals surface area contributed by atoms with E-state index in [-0.39, 0.29) is 28.9 Å². The molecule has 5 rings (SSSR count). The van der Waals surface area contributed by atoms with Crippen LogP contribution in [0.1, 0.15) is 19.8 Å². The van der Waals surface area contributed by atoms with E-state index in [9.17, 15) is 9.18 Å². The molecular weight excluding hydrogens is 405 g/mol. The number of nitrogens with zero attached hydrogens (tertiary/aromatic N) is 2. The third-order valence-electron chi connectivity index (χ3n) is 6.49. The van der Waals surface area contributed by atoms with E-state index in [0.717, 1.165) is 36.3 Å². The van der Waals surface area contributed by atoms with Crippen LogP contribution in [0.25, 0.3) is 10.9 Å². The highest BCUT2D eigenvalue weighted by atomic mass is 32.2.